The van der Waals surface area contributed by atoms with Crippen molar-refractivity contribution in [1.29, 1.82) is 0 Å². The monoisotopic (exact) mass is 468 g/mol. The topological polar surface area (TPSA) is 91.4 Å². The lowest BCUT2D eigenvalue weighted by Crippen LogP contribution is -2.44. The zero-order valence-corrected chi connectivity index (χ0v) is 18.8. The summed E-state index contributed by atoms with van der Waals surface area (Å²) in [5.74, 6) is -0.767. The molecule has 2 N–H and O–H groups in total. The Morgan fingerprint density at radius 2 is 1.79 bits per heavy atom. The molecule has 0 bridgehead atoms. The first-order valence-electron chi connectivity index (χ1n) is 10.7. The lowest BCUT2D eigenvalue weighted by Gasteiger charge is -2.32. The first-order valence-corrected chi connectivity index (χ1v) is 12.2. The predicted octanol–water partition coefficient (Wildman–Crippen LogP) is 3.42. The Labute approximate surface area is 192 Å². The average Bonchev–Trinajstić information content (AvgIpc) is 2.82. The molecule has 2 heterocycles. The van der Waals surface area contributed by atoms with Crippen LogP contribution in [-0.2, 0) is 16.6 Å². The minimum atomic E-state index is -3.92. The fourth-order valence-corrected chi connectivity index (χ4v) is 4.87. The van der Waals surface area contributed by atoms with Crippen LogP contribution < -0.4 is 10.0 Å². The SMILES string of the molecule is O=C(NC1CCN(Cc2ccccn2)CC1)c1cccc(S(=O)(=O)Nc2ccc(F)cc2)c1. The third-order valence-electron chi connectivity index (χ3n) is 5.54. The molecule has 1 aromatic heterocycles. The number of pyridine rings is 1. The molecule has 172 valence electrons. The Morgan fingerprint density at radius 1 is 1.03 bits per heavy atom. The smallest absolute Gasteiger partial charge is 0.261 e. The number of likely N-dealkylation sites (tertiary alicyclic amines) is 1. The number of carbonyl (C=O) groups excluding carboxylic acids is 1. The summed E-state index contributed by atoms with van der Waals surface area (Å²) in [7, 11) is -3.92. The highest BCUT2D eigenvalue weighted by molar-refractivity contribution is 7.92. The third kappa shape index (κ3) is 6.15. The number of hydrogen-bond donors (Lipinski definition) is 2. The van der Waals surface area contributed by atoms with Crippen molar-refractivity contribution in [2.24, 2.45) is 0 Å². The van der Waals surface area contributed by atoms with E-state index < -0.39 is 15.8 Å². The Hall–Kier alpha value is -3.30. The molecule has 0 unspecified atom stereocenters. The molecule has 0 saturated carbocycles. The van der Waals surface area contributed by atoms with E-state index in [2.05, 4.69) is 19.9 Å². The normalized spacial score (nSPS) is 15.2. The number of benzene rings is 2. The van der Waals surface area contributed by atoms with Crippen molar-refractivity contribution in [2.75, 3.05) is 17.8 Å². The number of piperidine rings is 1. The minimum absolute atomic E-state index is 0.0232. The van der Waals surface area contributed by atoms with Gasteiger partial charge in [0.2, 0.25) is 0 Å². The van der Waals surface area contributed by atoms with Crippen molar-refractivity contribution >= 4 is 21.6 Å². The molecular formula is C24H25FN4O3S. The summed E-state index contributed by atoms with van der Waals surface area (Å²) >= 11 is 0. The molecular weight excluding hydrogens is 443 g/mol. The Bertz CT molecular complexity index is 1200. The zero-order chi connectivity index (χ0) is 23.3. The van der Waals surface area contributed by atoms with E-state index in [4.69, 9.17) is 0 Å². The Kier molecular flexibility index (Phi) is 7.00. The van der Waals surface area contributed by atoms with Gasteiger partial charge in [-0.15, -0.1) is 0 Å². The van der Waals surface area contributed by atoms with Crippen LogP contribution >= 0.6 is 0 Å². The summed E-state index contributed by atoms with van der Waals surface area (Å²) in [4.78, 5) is 19.4. The molecule has 0 atom stereocenters. The summed E-state index contributed by atoms with van der Waals surface area (Å²) < 4.78 is 40.8. The van der Waals surface area contributed by atoms with Gasteiger partial charge in [-0.25, -0.2) is 12.8 Å². The number of hydrogen-bond acceptors (Lipinski definition) is 5. The lowest BCUT2D eigenvalue weighted by atomic mass is 10.0. The van der Waals surface area contributed by atoms with Crippen molar-refractivity contribution < 1.29 is 17.6 Å². The van der Waals surface area contributed by atoms with Gasteiger partial charge >= 0.3 is 0 Å². The maximum absolute atomic E-state index is 13.1. The van der Waals surface area contributed by atoms with Crippen LogP contribution in [-0.4, -0.2) is 43.3 Å². The number of nitrogens with zero attached hydrogens (tertiary/aromatic N) is 2. The quantitative estimate of drug-likeness (QED) is 0.555. The van der Waals surface area contributed by atoms with Gasteiger partial charge in [-0.1, -0.05) is 12.1 Å². The van der Waals surface area contributed by atoms with Crippen LogP contribution in [0.1, 0.15) is 28.9 Å². The highest BCUT2D eigenvalue weighted by Gasteiger charge is 2.22. The van der Waals surface area contributed by atoms with Gasteiger partial charge in [0.25, 0.3) is 15.9 Å². The molecule has 1 aliphatic rings. The van der Waals surface area contributed by atoms with Crippen molar-refractivity contribution in [3.63, 3.8) is 0 Å². The van der Waals surface area contributed by atoms with Gasteiger partial charge in [-0.05, 0) is 67.4 Å². The standard InChI is InChI=1S/C24H25FN4O3S/c25-19-7-9-21(10-8-19)28-33(31,32)23-6-3-4-18(16-23)24(30)27-20-11-14-29(15-12-20)17-22-5-1-2-13-26-22/h1-10,13,16,20,28H,11-12,14-15,17H2,(H,27,30). The van der Waals surface area contributed by atoms with E-state index in [0.29, 0.717) is 0 Å². The third-order valence-corrected chi connectivity index (χ3v) is 6.92. The molecule has 1 fully saturated rings. The Morgan fingerprint density at radius 3 is 2.48 bits per heavy atom. The highest BCUT2D eigenvalue weighted by Crippen LogP contribution is 2.19. The Balaban J connectivity index is 1.34. The molecule has 33 heavy (non-hydrogen) atoms. The maximum Gasteiger partial charge on any atom is 0.261 e. The van der Waals surface area contributed by atoms with Crippen LogP contribution in [0.4, 0.5) is 10.1 Å². The number of rotatable bonds is 7. The minimum Gasteiger partial charge on any atom is -0.349 e. The van der Waals surface area contributed by atoms with Crippen LogP contribution in [0.15, 0.2) is 77.8 Å². The lowest BCUT2D eigenvalue weighted by molar-refractivity contribution is 0.0908. The second-order valence-electron chi connectivity index (χ2n) is 7.99. The van der Waals surface area contributed by atoms with Crippen LogP contribution in [0.3, 0.4) is 0 Å². The number of aromatic nitrogens is 1. The first-order chi connectivity index (χ1) is 15.9. The maximum atomic E-state index is 13.1. The summed E-state index contributed by atoms with van der Waals surface area (Å²) in [5, 5.41) is 3.02. The van der Waals surface area contributed by atoms with E-state index in [1.165, 1.54) is 42.5 Å². The molecule has 2 aromatic carbocycles. The second-order valence-corrected chi connectivity index (χ2v) is 9.67. The summed E-state index contributed by atoms with van der Waals surface area (Å²) in [6.07, 6.45) is 3.40. The fraction of sp³-hybridized carbons (Fsp3) is 0.250. The molecule has 3 aromatic rings. The van der Waals surface area contributed by atoms with Gasteiger partial charge in [0.05, 0.1) is 10.6 Å². The van der Waals surface area contributed by atoms with E-state index in [9.17, 15) is 17.6 Å². The summed E-state index contributed by atoms with van der Waals surface area (Å²) in [6.45, 7) is 2.47. The molecule has 1 amide bonds. The van der Waals surface area contributed by atoms with Gasteiger partial charge in [-0.2, -0.15) is 0 Å². The van der Waals surface area contributed by atoms with Gasteiger partial charge < -0.3 is 5.32 Å². The number of anilines is 1. The molecule has 9 heteroatoms. The van der Waals surface area contributed by atoms with Gasteiger partial charge in [-0.3, -0.25) is 19.4 Å². The van der Waals surface area contributed by atoms with Crippen LogP contribution in [0.25, 0.3) is 0 Å². The van der Waals surface area contributed by atoms with Crippen LogP contribution in [0, 0.1) is 5.82 Å². The van der Waals surface area contributed by atoms with Crippen molar-refractivity contribution in [1.82, 2.24) is 15.2 Å². The average molecular weight is 469 g/mol. The van der Waals surface area contributed by atoms with Crippen LogP contribution in [0.2, 0.25) is 0 Å². The molecule has 0 aliphatic carbocycles. The number of carbonyl (C=O) groups is 1. The molecule has 0 radical (unpaired) electrons. The second kappa shape index (κ2) is 10.1. The fourth-order valence-electron chi connectivity index (χ4n) is 3.76. The van der Waals surface area contributed by atoms with E-state index in [-0.39, 0.29) is 28.1 Å². The molecule has 4 rings (SSSR count). The van der Waals surface area contributed by atoms with Crippen molar-refractivity contribution in [3.05, 3.63) is 90.0 Å². The largest absolute Gasteiger partial charge is 0.349 e. The van der Waals surface area contributed by atoms with Gasteiger partial charge in [0.1, 0.15) is 5.82 Å². The molecule has 1 aliphatic heterocycles. The predicted molar refractivity (Wildman–Crippen MR) is 124 cm³/mol. The van der Waals surface area contributed by atoms with Crippen molar-refractivity contribution in [2.45, 2.75) is 30.3 Å². The van der Waals surface area contributed by atoms with Crippen LogP contribution in [0.5, 0.6) is 0 Å². The van der Waals surface area contributed by atoms with E-state index in [1.807, 2.05) is 18.2 Å². The van der Waals surface area contributed by atoms with Gasteiger partial charge in [0.15, 0.2) is 0 Å². The van der Waals surface area contributed by atoms with E-state index >= 15 is 0 Å². The number of sulfonamides is 1. The number of amides is 1. The highest BCUT2D eigenvalue weighted by atomic mass is 32.2. The van der Waals surface area contributed by atoms with Gasteiger partial charge in [0, 0.05) is 43.1 Å². The van der Waals surface area contributed by atoms with Crippen molar-refractivity contribution in [3.8, 4) is 0 Å². The molecule has 7 nitrogen and oxygen atoms in total. The number of nitrogens with one attached hydrogen (secondary N) is 2. The molecule has 0 spiro atoms. The molecule has 1 saturated heterocycles. The zero-order valence-electron chi connectivity index (χ0n) is 17.9. The van der Waals surface area contributed by atoms with E-state index in [0.717, 1.165) is 38.2 Å². The number of halogens is 1. The van der Waals surface area contributed by atoms with E-state index in [1.54, 1.807) is 12.3 Å². The summed E-state index contributed by atoms with van der Waals surface area (Å²) in [6, 6.07) is 16.8. The summed E-state index contributed by atoms with van der Waals surface area (Å²) in [5.41, 5.74) is 1.53. The first kappa shape index (κ1) is 22.9.